The Morgan fingerprint density at radius 3 is 1.23 bits per heavy atom. The fraction of sp³-hybridized carbons (Fsp3) is 0.897. The van der Waals surface area contributed by atoms with Crippen LogP contribution in [-0.4, -0.2) is 11.1 Å². The molecule has 0 amide bonds. The van der Waals surface area contributed by atoms with Gasteiger partial charge >= 0.3 is 5.97 Å². The number of allylic oxidation sites excluding steroid dienone is 2. The largest absolute Gasteiger partial charge is 0.481 e. The number of carboxylic acids is 1. The van der Waals surface area contributed by atoms with Gasteiger partial charge in [0.25, 0.3) is 0 Å². The molecule has 0 fully saturated rings. The van der Waals surface area contributed by atoms with Gasteiger partial charge in [-0.2, -0.15) is 0 Å². The van der Waals surface area contributed by atoms with Gasteiger partial charge in [0, 0.05) is 0 Å². The van der Waals surface area contributed by atoms with Crippen LogP contribution in [-0.2, 0) is 4.79 Å². The first-order valence-corrected chi connectivity index (χ1v) is 14.1. The van der Waals surface area contributed by atoms with Crippen LogP contribution in [0.5, 0.6) is 0 Å². The van der Waals surface area contributed by atoms with Crippen LogP contribution in [0.2, 0.25) is 0 Å². The summed E-state index contributed by atoms with van der Waals surface area (Å²) in [6.45, 7) is 4.53. The lowest BCUT2D eigenvalue weighted by Crippen LogP contribution is -2.13. The number of aliphatic carboxylic acids is 1. The Bertz CT molecular complexity index is 388. The molecule has 0 aliphatic carbocycles. The van der Waals surface area contributed by atoms with Crippen molar-refractivity contribution in [1.29, 1.82) is 0 Å². The summed E-state index contributed by atoms with van der Waals surface area (Å²) in [5.74, 6) is -0.682. The third kappa shape index (κ3) is 23.7. The van der Waals surface area contributed by atoms with E-state index < -0.39 is 5.97 Å². The molecule has 0 saturated heterocycles. The van der Waals surface area contributed by atoms with Gasteiger partial charge < -0.3 is 5.11 Å². The lowest BCUT2D eigenvalue weighted by molar-refractivity contribution is -0.142. The molecule has 1 atom stereocenters. The molecule has 0 aliphatic heterocycles. The normalized spacial score (nSPS) is 12.6. The summed E-state index contributed by atoms with van der Waals surface area (Å²) in [6, 6.07) is 0. The summed E-state index contributed by atoms with van der Waals surface area (Å²) in [4.78, 5) is 11.5. The Hall–Kier alpha value is -0.790. The highest BCUT2D eigenvalue weighted by Crippen LogP contribution is 2.19. The van der Waals surface area contributed by atoms with Crippen molar-refractivity contribution in [3.8, 4) is 0 Å². The summed E-state index contributed by atoms with van der Waals surface area (Å²) in [5.41, 5.74) is 0. The molecule has 2 heteroatoms. The fourth-order valence-corrected chi connectivity index (χ4v) is 4.38. The van der Waals surface area contributed by atoms with E-state index in [9.17, 15) is 9.90 Å². The molecule has 1 unspecified atom stereocenters. The van der Waals surface area contributed by atoms with Crippen LogP contribution in [0.25, 0.3) is 0 Å². The summed E-state index contributed by atoms with van der Waals surface area (Å²) >= 11 is 0. The van der Waals surface area contributed by atoms with Crippen molar-refractivity contribution in [2.24, 2.45) is 5.92 Å². The van der Waals surface area contributed by atoms with Gasteiger partial charge in [-0.05, 0) is 38.5 Å². The minimum Gasteiger partial charge on any atom is -0.481 e. The van der Waals surface area contributed by atoms with Gasteiger partial charge in [0.2, 0.25) is 0 Å². The number of hydrogen-bond acceptors (Lipinski definition) is 1. The minimum atomic E-state index is -0.572. The Labute approximate surface area is 195 Å². The summed E-state index contributed by atoms with van der Waals surface area (Å²) in [5, 5.41) is 9.49. The lowest BCUT2D eigenvalue weighted by Gasteiger charge is -2.12. The molecule has 0 aromatic carbocycles. The second-order valence-electron chi connectivity index (χ2n) is 9.67. The van der Waals surface area contributed by atoms with E-state index >= 15 is 0 Å². The van der Waals surface area contributed by atoms with Gasteiger partial charge in [-0.15, -0.1) is 0 Å². The molecule has 0 spiro atoms. The minimum absolute atomic E-state index is 0.109. The number of carboxylic acid groups (broad SMARTS) is 1. The topological polar surface area (TPSA) is 37.3 Å². The SMILES string of the molecule is CCCCCCCC/C=C\CCCCCCC(CCCCCCCCCCC)C(=O)O. The Kier molecular flexibility index (Phi) is 24.8. The second kappa shape index (κ2) is 25.5. The molecule has 0 radical (unpaired) electrons. The van der Waals surface area contributed by atoms with Crippen molar-refractivity contribution in [2.75, 3.05) is 0 Å². The zero-order valence-corrected chi connectivity index (χ0v) is 21.4. The Balaban J connectivity index is 3.48. The maximum Gasteiger partial charge on any atom is 0.306 e. The Morgan fingerprint density at radius 1 is 0.548 bits per heavy atom. The summed E-state index contributed by atoms with van der Waals surface area (Å²) < 4.78 is 0. The van der Waals surface area contributed by atoms with Crippen molar-refractivity contribution in [2.45, 2.75) is 162 Å². The van der Waals surface area contributed by atoms with Gasteiger partial charge in [-0.25, -0.2) is 0 Å². The molecule has 0 saturated carbocycles. The van der Waals surface area contributed by atoms with Crippen LogP contribution in [0.1, 0.15) is 162 Å². The molecule has 31 heavy (non-hydrogen) atoms. The van der Waals surface area contributed by atoms with Gasteiger partial charge in [-0.3, -0.25) is 4.79 Å². The number of hydrogen-bond donors (Lipinski definition) is 1. The predicted octanol–water partition coefficient (Wildman–Crippen LogP) is 10.3. The molecule has 0 heterocycles. The average Bonchev–Trinajstić information content (AvgIpc) is 2.76. The first-order chi connectivity index (χ1) is 15.2. The van der Waals surface area contributed by atoms with E-state index in [0.29, 0.717) is 0 Å². The van der Waals surface area contributed by atoms with Gasteiger partial charge in [0.1, 0.15) is 0 Å². The first kappa shape index (κ1) is 30.2. The second-order valence-corrected chi connectivity index (χ2v) is 9.67. The zero-order chi connectivity index (χ0) is 22.8. The lowest BCUT2D eigenvalue weighted by atomic mass is 9.94. The molecule has 0 rings (SSSR count). The monoisotopic (exact) mass is 436 g/mol. The highest BCUT2D eigenvalue weighted by atomic mass is 16.4. The molecule has 0 bridgehead atoms. The summed E-state index contributed by atoms with van der Waals surface area (Å²) in [7, 11) is 0. The van der Waals surface area contributed by atoms with E-state index in [0.717, 1.165) is 25.7 Å². The molecule has 184 valence electrons. The molecular weight excluding hydrogens is 380 g/mol. The van der Waals surface area contributed by atoms with E-state index in [1.54, 1.807) is 0 Å². The van der Waals surface area contributed by atoms with Crippen LogP contribution >= 0.6 is 0 Å². The van der Waals surface area contributed by atoms with E-state index in [1.807, 2.05) is 0 Å². The molecule has 0 aromatic heterocycles. The summed E-state index contributed by atoms with van der Waals surface area (Å²) in [6.07, 6.45) is 33.6. The quantitative estimate of drug-likeness (QED) is 0.114. The van der Waals surface area contributed by atoms with Crippen LogP contribution in [0.3, 0.4) is 0 Å². The average molecular weight is 437 g/mol. The number of carbonyl (C=O) groups is 1. The van der Waals surface area contributed by atoms with Crippen molar-refractivity contribution in [1.82, 2.24) is 0 Å². The van der Waals surface area contributed by atoms with Crippen molar-refractivity contribution in [3.63, 3.8) is 0 Å². The fourth-order valence-electron chi connectivity index (χ4n) is 4.38. The van der Waals surface area contributed by atoms with Crippen LogP contribution in [0.4, 0.5) is 0 Å². The molecule has 1 N–H and O–H groups in total. The van der Waals surface area contributed by atoms with E-state index in [1.165, 1.54) is 122 Å². The third-order valence-electron chi connectivity index (χ3n) is 6.57. The van der Waals surface area contributed by atoms with E-state index in [2.05, 4.69) is 26.0 Å². The van der Waals surface area contributed by atoms with Gasteiger partial charge in [-0.1, -0.05) is 135 Å². The predicted molar refractivity (Wildman–Crippen MR) is 138 cm³/mol. The van der Waals surface area contributed by atoms with Crippen LogP contribution in [0.15, 0.2) is 12.2 Å². The number of rotatable bonds is 25. The Morgan fingerprint density at radius 2 is 0.871 bits per heavy atom. The van der Waals surface area contributed by atoms with Crippen molar-refractivity contribution < 1.29 is 9.90 Å². The number of unbranched alkanes of at least 4 members (excludes halogenated alkanes) is 18. The highest BCUT2D eigenvalue weighted by molar-refractivity contribution is 5.69. The van der Waals surface area contributed by atoms with E-state index in [-0.39, 0.29) is 5.92 Å². The van der Waals surface area contributed by atoms with Crippen molar-refractivity contribution >= 4 is 5.97 Å². The third-order valence-corrected chi connectivity index (χ3v) is 6.57. The highest BCUT2D eigenvalue weighted by Gasteiger charge is 2.16. The van der Waals surface area contributed by atoms with Crippen LogP contribution in [0, 0.1) is 5.92 Å². The molecular formula is C29H56O2. The molecule has 0 aromatic rings. The standard InChI is InChI=1S/C29H56O2/c1-3-5-7-9-11-13-14-15-16-17-19-21-23-25-27-28(29(30)31)26-24-22-20-18-12-10-8-6-4-2/h15-16,28H,3-14,17-27H2,1-2H3,(H,30,31)/b16-15-. The zero-order valence-electron chi connectivity index (χ0n) is 21.4. The van der Waals surface area contributed by atoms with Gasteiger partial charge in [0.05, 0.1) is 5.92 Å². The van der Waals surface area contributed by atoms with Gasteiger partial charge in [0.15, 0.2) is 0 Å². The maximum atomic E-state index is 11.5. The van der Waals surface area contributed by atoms with Crippen molar-refractivity contribution in [3.05, 3.63) is 12.2 Å². The maximum absolute atomic E-state index is 11.5. The van der Waals surface area contributed by atoms with Crippen LogP contribution < -0.4 is 0 Å². The molecule has 2 nitrogen and oxygen atoms in total. The smallest absolute Gasteiger partial charge is 0.306 e. The first-order valence-electron chi connectivity index (χ1n) is 14.1. The van der Waals surface area contributed by atoms with E-state index in [4.69, 9.17) is 0 Å². The molecule has 0 aliphatic rings.